The second-order valence-electron chi connectivity index (χ2n) is 13.7. The molecule has 16 heteroatoms. The first-order valence-corrected chi connectivity index (χ1v) is 15.8. The molecule has 0 bridgehead atoms. The zero-order valence-electron chi connectivity index (χ0n) is 25.4. The van der Waals surface area contributed by atoms with Crippen molar-refractivity contribution < 1.29 is 41.1 Å². The van der Waals surface area contributed by atoms with Crippen molar-refractivity contribution in [2.75, 3.05) is 39.3 Å². The highest BCUT2D eigenvalue weighted by Crippen LogP contribution is 2.54. The standard InChI is InChI=1S/C30H33Cl2F4N5O5/c1-27(2,3)46-26(44)39-8-6-16(7-9-39)23(42)40-12-19(28(13-40)14-41(15-28)24(43)18-11-29(18,33)34)22-37-38-25(45-22)30(35,36)17-4-5-20(31)21(32)10-17/h4-5,10,16,18-19H,6-9,11-15H2,1-3H3. The molecule has 10 nitrogen and oxygen atoms in total. The molecule has 4 fully saturated rings. The Kier molecular flexibility index (Phi) is 8.02. The molecule has 3 saturated heterocycles. The summed E-state index contributed by atoms with van der Waals surface area (Å²) in [4.78, 5) is 43.4. The maximum absolute atomic E-state index is 15.4. The molecular weight excluding hydrogens is 657 g/mol. The minimum Gasteiger partial charge on any atom is -0.444 e. The highest BCUT2D eigenvalue weighted by atomic mass is 35.5. The van der Waals surface area contributed by atoms with E-state index in [-0.39, 0.29) is 48.0 Å². The van der Waals surface area contributed by atoms with Crippen molar-refractivity contribution in [3.05, 3.63) is 45.6 Å². The van der Waals surface area contributed by atoms with Gasteiger partial charge < -0.3 is 23.9 Å². The molecule has 0 radical (unpaired) electrons. The summed E-state index contributed by atoms with van der Waals surface area (Å²) in [6.07, 6.45) is -0.172. The number of hydrogen-bond donors (Lipinski definition) is 0. The van der Waals surface area contributed by atoms with Crippen LogP contribution in [0.25, 0.3) is 0 Å². The van der Waals surface area contributed by atoms with E-state index in [9.17, 15) is 23.2 Å². The number of benzene rings is 1. The van der Waals surface area contributed by atoms with Gasteiger partial charge in [-0.25, -0.2) is 13.6 Å². The highest BCUT2D eigenvalue weighted by molar-refractivity contribution is 6.42. The highest BCUT2D eigenvalue weighted by Gasteiger charge is 2.66. The number of carbonyl (C=O) groups is 3. The first-order chi connectivity index (χ1) is 21.4. The van der Waals surface area contributed by atoms with Crippen molar-refractivity contribution >= 4 is 41.1 Å². The molecule has 1 saturated carbocycles. The number of ether oxygens (including phenoxy) is 1. The summed E-state index contributed by atoms with van der Waals surface area (Å²) in [6, 6.07) is 3.32. The van der Waals surface area contributed by atoms with Crippen molar-refractivity contribution in [1.29, 1.82) is 0 Å². The normalized spacial score (nSPS) is 24.2. The fourth-order valence-corrected chi connectivity index (χ4v) is 6.88. The van der Waals surface area contributed by atoms with Crippen molar-refractivity contribution in [3.8, 4) is 0 Å². The summed E-state index contributed by atoms with van der Waals surface area (Å²) in [5, 5.41) is 7.58. The van der Waals surface area contributed by atoms with Gasteiger partial charge >= 0.3 is 12.0 Å². The van der Waals surface area contributed by atoms with E-state index < -0.39 is 70.5 Å². The van der Waals surface area contributed by atoms with E-state index in [1.807, 2.05) is 0 Å². The number of amides is 3. The van der Waals surface area contributed by atoms with Crippen LogP contribution in [0.1, 0.15) is 63.3 Å². The van der Waals surface area contributed by atoms with Crippen LogP contribution < -0.4 is 0 Å². The minimum atomic E-state index is -3.72. The van der Waals surface area contributed by atoms with Gasteiger partial charge in [-0.2, -0.15) is 8.78 Å². The number of likely N-dealkylation sites (tertiary alicyclic amines) is 3. The fourth-order valence-electron chi connectivity index (χ4n) is 6.58. The Labute approximate surface area is 272 Å². The molecule has 3 aliphatic heterocycles. The second-order valence-corrected chi connectivity index (χ2v) is 14.6. The van der Waals surface area contributed by atoms with Gasteiger partial charge in [0.05, 0.1) is 16.0 Å². The number of aromatic nitrogens is 2. The molecule has 2 aromatic rings. The average Bonchev–Trinajstić information content (AvgIpc) is 3.31. The lowest BCUT2D eigenvalue weighted by Gasteiger charge is -2.50. The molecule has 4 aliphatic rings. The van der Waals surface area contributed by atoms with Crippen LogP contribution in [0.3, 0.4) is 0 Å². The molecule has 3 amide bonds. The average molecular weight is 691 g/mol. The first kappa shape index (κ1) is 32.8. The topological polar surface area (TPSA) is 109 Å². The monoisotopic (exact) mass is 689 g/mol. The van der Waals surface area contributed by atoms with E-state index in [0.717, 1.165) is 12.1 Å². The lowest BCUT2D eigenvalue weighted by Crippen LogP contribution is -2.62. The van der Waals surface area contributed by atoms with Crippen LogP contribution in [0.4, 0.5) is 22.4 Å². The Hall–Kier alpha value is -3.13. The van der Waals surface area contributed by atoms with Crippen LogP contribution in [-0.2, 0) is 20.2 Å². The molecular formula is C30H33Cl2F4N5O5. The Balaban J connectivity index is 1.19. The molecule has 1 spiro atoms. The molecule has 0 N–H and O–H groups in total. The summed E-state index contributed by atoms with van der Waals surface area (Å²) in [5.74, 6) is -11.3. The van der Waals surface area contributed by atoms with Gasteiger partial charge in [-0.15, -0.1) is 10.2 Å². The predicted octanol–water partition coefficient (Wildman–Crippen LogP) is 5.57. The number of alkyl halides is 4. The number of carbonyl (C=O) groups excluding carboxylic acids is 3. The van der Waals surface area contributed by atoms with E-state index >= 15 is 8.78 Å². The van der Waals surface area contributed by atoms with E-state index in [2.05, 4.69) is 10.2 Å². The van der Waals surface area contributed by atoms with Gasteiger partial charge in [0.15, 0.2) is 0 Å². The Morgan fingerprint density at radius 3 is 2.17 bits per heavy atom. The minimum absolute atomic E-state index is 0.0326. The Morgan fingerprint density at radius 2 is 1.59 bits per heavy atom. The molecule has 46 heavy (non-hydrogen) atoms. The summed E-state index contributed by atoms with van der Waals surface area (Å²) < 4.78 is 69.2. The molecule has 6 rings (SSSR count). The lowest BCUT2D eigenvalue weighted by atomic mass is 9.71. The van der Waals surface area contributed by atoms with Gasteiger partial charge in [0.1, 0.15) is 11.5 Å². The largest absolute Gasteiger partial charge is 0.444 e. The zero-order chi connectivity index (χ0) is 33.4. The molecule has 250 valence electrons. The number of piperidine rings is 1. The van der Waals surface area contributed by atoms with Crippen LogP contribution in [0.15, 0.2) is 22.6 Å². The molecule has 2 unspecified atom stereocenters. The number of hydrogen-bond acceptors (Lipinski definition) is 7. The quantitative estimate of drug-likeness (QED) is 0.378. The molecule has 4 heterocycles. The molecule has 1 aromatic carbocycles. The SMILES string of the molecule is CC(C)(C)OC(=O)N1CCC(C(=O)N2CC(c3nnc(C(F)(F)c4ccc(Cl)c(Cl)c4)o3)C3(C2)CN(C(=O)C2CC2(F)F)C3)CC1. The van der Waals surface area contributed by atoms with E-state index in [1.54, 1.807) is 30.6 Å². The van der Waals surface area contributed by atoms with Crippen LogP contribution in [0.2, 0.25) is 10.0 Å². The summed E-state index contributed by atoms with van der Waals surface area (Å²) in [7, 11) is 0. The van der Waals surface area contributed by atoms with Crippen molar-refractivity contribution in [3.63, 3.8) is 0 Å². The number of halogens is 6. The van der Waals surface area contributed by atoms with E-state index in [4.69, 9.17) is 32.4 Å². The van der Waals surface area contributed by atoms with Crippen LogP contribution in [-0.4, -0.2) is 93.6 Å². The summed E-state index contributed by atoms with van der Waals surface area (Å²) >= 11 is 11.8. The Morgan fingerprint density at radius 1 is 0.957 bits per heavy atom. The third kappa shape index (κ3) is 6.02. The maximum Gasteiger partial charge on any atom is 0.410 e. The zero-order valence-corrected chi connectivity index (χ0v) is 26.9. The summed E-state index contributed by atoms with van der Waals surface area (Å²) in [6.45, 7) is 6.22. The van der Waals surface area contributed by atoms with Crippen LogP contribution in [0, 0.1) is 17.3 Å². The van der Waals surface area contributed by atoms with Gasteiger partial charge in [0, 0.05) is 62.6 Å². The molecule has 2 atom stereocenters. The third-order valence-corrected chi connectivity index (χ3v) is 9.93. The Bertz CT molecular complexity index is 1550. The second kappa shape index (κ2) is 11.2. The van der Waals surface area contributed by atoms with Crippen molar-refractivity contribution in [2.24, 2.45) is 17.3 Å². The van der Waals surface area contributed by atoms with Gasteiger partial charge in [0.25, 0.3) is 11.8 Å². The molecule has 1 aliphatic carbocycles. The first-order valence-electron chi connectivity index (χ1n) is 15.0. The fraction of sp³-hybridized carbons (Fsp3) is 0.633. The third-order valence-electron chi connectivity index (χ3n) is 9.19. The van der Waals surface area contributed by atoms with Gasteiger partial charge in [-0.05, 0) is 45.7 Å². The van der Waals surface area contributed by atoms with Crippen LogP contribution in [0.5, 0.6) is 0 Å². The van der Waals surface area contributed by atoms with Crippen LogP contribution >= 0.6 is 23.2 Å². The predicted molar refractivity (Wildman–Crippen MR) is 156 cm³/mol. The van der Waals surface area contributed by atoms with Gasteiger partial charge in [-0.1, -0.05) is 29.3 Å². The van der Waals surface area contributed by atoms with Crippen molar-refractivity contribution in [2.45, 2.75) is 63.4 Å². The number of rotatable bonds is 5. The number of nitrogens with zero attached hydrogens (tertiary/aromatic N) is 5. The van der Waals surface area contributed by atoms with E-state index in [0.29, 0.717) is 25.9 Å². The summed E-state index contributed by atoms with van der Waals surface area (Å²) in [5.41, 5.74) is -2.02. The smallest absolute Gasteiger partial charge is 0.410 e. The van der Waals surface area contributed by atoms with Crippen molar-refractivity contribution in [1.82, 2.24) is 24.9 Å². The molecule has 1 aromatic heterocycles. The van der Waals surface area contributed by atoms with Gasteiger partial charge in [0.2, 0.25) is 17.7 Å². The maximum atomic E-state index is 15.4. The van der Waals surface area contributed by atoms with E-state index in [1.165, 1.54) is 11.0 Å². The lowest BCUT2D eigenvalue weighted by molar-refractivity contribution is -0.148. The van der Waals surface area contributed by atoms with Gasteiger partial charge in [-0.3, -0.25) is 9.59 Å².